The van der Waals surface area contributed by atoms with E-state index >= 15 is 0 Å². The molecular weight excluding hydrogens is 375 g/mol. The molecule has 0 radical (unpaired) electrons. The number of hydrogen-bond acceptors (Lipinski definition) is 5. The van der Waals surface area contributed by atoms with Gasteiger partial charge in [-0.1, -0.05) is 20.8 Å². The van der Waals surface area contributed by atoms with Crippen molar-refractivity contribution in [2.24, 2.45) is 0 Å². The SMILES string of the molecule is CNCCN(C)Cc1sc(C(C)(C)C)nc1-c1ccc(OC(F)(F)F)cc1. The molecule has 2 rings (SSSR count). The van der Waals surface area contributed by atoms with Crippen LogP contribution in [0.25, 0.3) is 11.3 Å². The number of thiazole rings is 1. The Hall–Kier alpha value is -1.64. The molecule has 1 aromatic heterocycles. The molecule has 0 aliphatic heterocycles. The van der Waals surface area contributed by atoms with E-state index in [0.717, 1.165) is 40.8 Å². The van der Waals surface area contributed by atoms with Crippen molar-refractivity contribution in [2.75, 3.05) is 27.2 Å². The number of hydrogen-bond donors (Lipinski definition) is 1. The van der Waals surface area contributed by atoms with Crippen molar-refractivity contribution in [3.05, 3.63) is 34.2 Å². The molecule has 0 saturated heterocycles. The first-order valence-electron chi connectivity index (χ1n) is 8.69. The fraction of sp³-hybridized carbons (Fsp3) is 0.526. The summed E-state index contributed by atoms with van der Waals surface area (Å²) in [7, 11) is 3.95. The van der Waals surface area contributed by atoms with E-state index < -0.39 is 6.36 Å². The zero-order valence-corrected chi connectivity index (χ0v) is 17.1. The number of aromatic nitrogens is 1. The minimum absolute atomic E-state index is 0.0967. The molecule has 1 aromatic carbocycles. The second-order valence-corrected chi connectivity index (χ2v) is 8.54. The summed E-state index contributed by atoms with van der Waals surface area (Å²) >= 11 is 1.65. The van der Waals surface area contributed by atoms with Crippen molar-refractivity contribution in [3.8, 4) is 17.0 Å². The van der Waals surface area contributed by atoms with E-state index in [1.54, 1.807) is 23.5 Å². The van der Waals surface area contributed by atoms with Crippen molar-refractivity contribution in [1.29, 1.82) is 0 Å². The third-order valence-electron chi connectivity index (χ3n) is 3.86. The van der Waals surface area contributed by atoms with Crippen molar-refractivity contribution in [3.63, 3.8) is 0 Å². The second-order valence-electron chi connectivity index (χ2n) is 7.45. The lowest BCUT2D eigenvalue weighted by Crippen LogP contribution is -2.26. The van der Waals surface area contributed by atoms with Crippen LogP contribution in [0, 0.1) is 0 Å². The summed E-state index contributed by atoms with van der Waals surface area (Å²) < 4.78 is 41.1. The second kappa shape index (κ2) is 8.58. The Balaban J connectivity index is 2.32. The van der Waals surface area contributed by atoms with E-state index in [1.165, 1.54) is 12.1 Å². The zero-order chi connectivity index (χ0) is 20.2. The summed E-state index contributed by atoms with van der Waals surface area (Å²) in [4.78, 5) is 8.10. The van der Waals surface area contributed by atoms with Gasteiger partial charge in [0.1, 0.15) is 5.75 Å². The lowest BCUT2D eigenvalue weighted by molar-refractivity contribution is -0.274. The molecule has 0 aliphatic carbocycles. The Labute approximate surface area is 162 Å². The van der Waals surface area contributed by atoms with Gasteiger partial charge in [0.25, 0.3) is 0 Å². The molecule has 0 amide bonds. The number of benzene rings is 1. The first kappa shape index (κ1) is 21.7. The lowest BCUT2D eigenvalue weighted by atomic mass is 9.98. The maximum atomic E-state index is 12.4. The summed E-state index contributed by atoms with van der Waals surface area (Å²) in [6.45, 7) is 8.79. The molecule has 0 atom stereocenters. The van der Waals surface area contributed by atoms with E-state index in [9.17, 15) is 13.2 Å². The van der Waals surface area contributed by atoms with Gasteiger partial charge in [-0.25, -0.2) is 4.98 Å². The van der Waals surface area contributed by atoms with Crippen molar-refractivity contribution < 1.29 is 17.9 Å². The number of rotatable bonds is 7. The maximum Gasteiger partial charge on any atom is 0.573 e. The van der Waals surface area contributed by atoms with Crippen LogP contribution >= 0.6 is 11.3 Å². The van der Waals surface area contributed by atoms with Gasteiger partial charge in [0, 0.05) is 35.5 Å². The van der Waals surface area contributed by atoms with Crippen LogP contribution in [0.3, 0.4) is 0 Å². The van der Waals surface area contributed by atoms with Gasteiger partial charge < -0.3 is 10.1 Å². The van der Waals surface area contributed by atoms with E-state index in [4.69, 9.17) is 4.98 Å². The highest BCUT2D eigenvalue weighted by atomic mass is 32.1. The quantitative estimate of drug-likeness (QED) is 0.732. The number of nitrogens with zero attached hydrogens (tertiary/aromatic N) is 2. The Morgan fingerprint density at radius 2 is 1.78 bits per heavy atom. The van der Waals surface area contributed by atoms with Gasteiger partial charge >= 0.3 is 6.36 Å². The van der Waals surface area contributed by atoms with Gasteiger partial charge in [0.15, 0.2) is 0 Å². The fourth-order valence-corrected chi connectivity index (χ4v) is 3.67. The molecule has 150 valence electrons. The van der Waals surface area contributed by atoms with E-state index in [1.807, 2.05) is 14.1 Å². The highest BCUT2D eigenvalue weighted by Gasteiger charge is 2.31. The summed E-state index contributed by atoms with van der Waals surface area (Å²) in [6, 6.07) is 5.90. The molecule has 0 saturated carbocycles. The largest absolute Gasteiger partial charge is 0.573 e. The standard InChI is InChI=1S/C19H26F3N3OS/c1-18(2,3)17-24-16(15(27-17)12-25(5)11-10-23-4)13-6-8-14(9-7-13)26-19(20,21)22/h6-9,23H,10-12H2,1-5H3. The van der Waals surface area contributed by atoms with Gasteiger partial charge in [0.05, 0.1) is 10.7 Å². The first-order chi connectivity index (χ1) is 12.5. The smallest absolute Gasteiger partial charge is 0.406 e. The number of halogens is 3. The first-order valence-corrected chi connectivity index (χ1v) is 9.51. The van der Waals surface area contributed by atoms with Crippen LogP contribution in [0.15, 0.2) is 24.3 Å². The summed E-state index contributed by atoms with van der Waals surface area (Å²) in [5.74, 6) is -0.231. The molecule has 0 bridgehead atoms. The molecule has 4 nitrogen and oxygen atoms in total. The van der Waals surface area contributed by atoms with Crippen molar-refractivity contribution in [1.82, 2.24) is 15.2 Å². The highest BCUT2D eigenvalue weighted by molar-refractivity contribution is 7.12. The number of nitrogens with one attached hydrogen (secondary N) is 1. The maximum absolute atomic E-state index is 12.4. The van der Waals surface area contributed by atoms with Crippen molar-refractivity contribution >= 4 is 11.3 Å². The lowest BCUT2D eigenvalue weighted by Gasteiger charge is -2.16. The third-order valence-corrected chi connectivity index (χ3v) is 5.32. The molecule has 1 heterocycles. The Bertz CT molecular complexity index is 736. The molecule has 0 aliphatic rings. The molecular formula is C19H26F3N3OS. The van der Waals surface area contributed by atoms with Crippen LogP contribution in [0.1, 0.15) is 30.7 Å². The number of alkyl halides is 3. The van der Waals surface area contributed by atoms with E-state index in [0.29, 0.717) is 0 Å². The Morgan fingerprint density at radius 1 is 1.15 bits per heavy atom. The van der Waals surface area contributed by atoms with Crippen LogP contribution < -0.4 is 10.1 Å². The topological polar surface area (TPSA) is 37.4 Å². The summed E-state index contributed by atoms with van der Waals surface area (Å²) in [5.41, 5.74) is 1.51. The monoisotopic (exact) mass is 401 g/mol. The number of likely N-dealkylation sites (N-methyl/N-ethyl adjacent to an activating group) is 2. The van der Waals surface area contributed by atoms with Crippen LogP contribution in [0.5, 0.6) is 5.75 Å². The predicted octanol–water partition coefficient (Wildman–Crippen LogP) is 4.66. The average molecular weight is 401 g/mol. The molecule has 0 fully saturated rings. The van der Waals surface area contributed by atoms with Crippen LogP contribution in [0.2, 0.25) is 0 Å². The van der Waals surface area contributed by atoms with Gasteiger partial charge in [-0.3, -0.25) is 4.90 Å². The predicted molar refractivity (Wildman–Crippen MR) is 103 cm³/mol. The summed E-state index contributed by atoms with van der Waals surface area (Å²) in [5, 5.41) is 4.13. The van der Waals surface area contributed by atoms with Gasteiger partial charge in [-0.15, -0.1) is 24.5 Å². The van der Waals surface area contributed by atoms with E-state index in [-0.39, 0.29) is 11.2 Å². The minimum Gasteiger partial charge on any atom is -0.406 e. The molecule has 1 N–H and O–H groups in total. The summed E-state index contributed by atoms with van der Waals surface area (Å²) in [6.07, 6.45) is -4.69. The zero-order valence-electron chi connectivity index (χ0n) is 16.3. The van der Waals surface area contributed by atoms with Gasteiger partial charge in [-0.2, -0.15) is 0 Å². The Morgan fingerprint density at radius 3 is 2.30 bits per heavy atom. The Kier molecular flexibility index (Phi) is 6.88. The molecule has 27 heavy (non-hydrogen) atoms. The van der Waals surface area contributed by atoms with Gasteiger partial charge in [0.2, 0.25) is 0 Å². The fourth-order valence-electron chi connectivity index (χ4n) is 2.45. The molecule has 8 heteroatoms. The van der Waals surface area contributed by atoms with Crippen LogP contribution in [-0.4, -0.2) is 43.4 Å². The van der Waals surface area contributed by atoms with Crippen LogP contribution in [0.4, 0.5) is 13.2 Å². The molecule has 0 spiro atoms. The van der Waals surface area contributed by atoms with Gasteiger partial charge in [-0.05, 0) is 38.4 Å². The average Bonchev–Trinajstić information content (AvgIpc) is 2.96. The third kappa shape index (κ3) is 6.48. The van der Waals surface area contributed by atoms with E-state index in [2.05, 4.69) is 35.7 Å². The minimum atomic E-state index is -4.69. The molecule has 0 unspecified atom stereocenters. The van der Waals surface area contributed by atoms with Crippen LogP contribution in [-0.2, 0) is 12.0 Å². The highest BCUT2D eigenvalue weighted by Crippen LogP contribution is 2.36. The molecule has 2 aromatic rings. The normalized spacial score (nSPS) is 12.6. The van der Waals surface area contributed by atoms with Crippen molar-refractivity contribution in [2.45, 2.75) is 39.1 Å². The number of ether oxygens (including phenoxy) is 1.